The fraction of sp³-hybridized carbons (Fsp3) is 0.435. The molecule has 142 valence electrons. The topological polar surface area (TPSA) is 41.6 Å². The number of nitrogens with one attached hydrogen (secondary N) is 1. The van der Waals surface area contributed by atoms with E-state index in [1.165, 1.54) is 22.3 Å². The number of nitrogens with zero attached hydrogens (tertiary/aromatic N) is 1. The molecule has 27 heavy (non-hydrogen) atoms. The largest absolute Gasteiger partial charge is 0.487 e. The van der Waals surface area contributed by atoms with E-state index in [0.717, 1.165) is 38.2 Å². The van der Waals surface area contributed by atoms with E-state index in [1.807, 2.05) is 4.90 Å². The lowest BCUT2D eigenvalue weighted by molar-refractivity contribution is -0.128. The second-order valence-electron chi connectivity index (χ2n) is 8.24. The van der Waals surface area contributed by atoms with Gasteiger partial charge in [-0.25, -0.2) is 0 Å². The molecule has 0 saturated carbocycles. The number of rotatable bonds is 6. The van der Waals surface area contributed by atoms with Crippen molar-refractivity contribution < 1.29 is 9.53 Å². The van der Waals surface area contributed by atoms with Gasteiger partial charge in [-0.3, -0.25) is 4.79 Å². The molecule has 0 aromatic heterocycles. The van der Waals surface area contributed by atoms with Crippen LogP contribution in [0.1, 0.15) is 48.9 Å². The number of ether oxygens (including phenoxy) is 1. The third kappa shape index (κ3) is 4.01. The first kappa shape index (κ1) is 18.1. The van der Waals surface area contributed by atoms with E-state index in [9.17, 15) is 4.79 Å². The molecule has 2 aliphatic heterocycles. The van der Waals surface area contributed by atoms with Crippen molar-refractivity contribution in [2.24, 2.45) is 0 Å². The van der Waals surface area contributed by atoms with E-state index < -0.39 is 0 Å². The van der Waals surface area contributed by atoms with E-state index in [4.69, 9.17) is 4.74 Å². The first-order valence-corrected chi connectivity index (χ1v) is 9.87. The lowest BCUT2D eigenvalue weighted by atomic mass is 10.0. The first-order chi connectivity index (χ1) is 13.0. The molecule has 0 radical (unpaired) electrons. The Labute approximate surface area is 161 Å². The molecular weight excluding hydrogens is 336 g/mol. The number of amides is 1. The molecule has 0 bridgehead atoms. The average Bonchev–Trinajstić information content (AvgIpc) is 3.18. The second kappa shape index (κ2) is 7.35. The summed E-state index contributed by atoms with van der Waals surface area (Å²) in [6.45, 7) is 7.43. The Kier molecular flexibility index (Phi) is 4.92. The molecule has 2 aliphatic rings. The van der Waals surface area contributed by atoms with Crippen molar-refractivity contribution in [3.8, 4) is 5.75 Å². The van der Waals surface area contributed by atoms with E-state index in [0.29, 0.717) is 13.0 Å². The van der Waals surface area contributed by atoms with Gasteiger partial charge in [0.15, 0.2) is 0 Å². The molecular formula is C23H28N2O2. The van der Waals surface area contributed by atoms with Crippen LogP contribution in [-0.4, -0.2) is 23.0 Å². The molecule has 4 nitrogen and oxygen atoms in total. The third-order valence-corrected chi connectivity index (χ3v) is 5.45. The Morgan fingerprint density at radius 1 is 1.04 bits per heavy atom. The molecule has 4 heteroatoms. The van der Waals surface area contributed by atoms with Crippen molar-refractivity contribution in [1.82, 2.24) is 10.2 Å². The maximum absolute atomic E-state index is 11.9. The fourth-order valence-electron chi connectivity index (χ4n) is 4.11. The average molecular weight is 364 g/mol. The molecule has 1 saturated heterocycles. The van der Waals surface area contributed by atoms with Crippen LogP contribution >= 0.6 is 0 Å². The van der Waals surface area contributed by atoms with Crippen LogP contribution in [-0.2, 0) is 30.8 Å². The lowest BCUT2D eigenvalue weighted by Crippen LogP contribution is -2.25. The van der Waals surface area contributed by atoms with Gasteiger partial charge in [0.25, 0.3) is 0 Å². The number of fused-ring (bicyclic) bond motifs is 1. The zero-order valence-corrected chi connectivity index (χ0v) is 16.3. The molecule has 0 unspecified atom stereocenters. The highest BCUT2D eigenvalue weighted by Gasteiger charge is 2.31. The number of benzene rings is 2. The van der Waals surface area contributed by atoms with Gasteiger partial charge < -0.3 is 15.0 Å². The minimum Gasteiger partial charge on any atom is -0.487 e. The highest BCUT2D eigenvalue weighted by molar-refractivity contribution is 5.78. The van der Waals surface area contributed by atoms with E-state index in [2.05, 4.69) is 61.6 Å². The van der Waals surface area contributed by atoms with E-state index in [-0.39, 0.29) is 11.5 Å². The maximum atomic E-state index is 11.9. The number of hydrogen-bond donors (Lipinski definition) is 1. The zero-order chi connectivity index (χ0) is 18.9. The SMILES string of the molecule is CC1(C)Cc2cccc(CNCc3ccccc3CN3CCCC3=O)c2O1. The summed E-state index contributed by atoms with van der Waals surface area (Å²) in [4.78, 5) is 13.9. The van der Waals surface area contributed by atoms with Crippen molar-refractivity contribution >= 4 is 5.91 Å². The van der Waals surface area contributed by atoms with Crippen LogP contribution in [0.2, 0.25) is 0 Å². The monoisotopic (exact) mass is 364 g/mol. The lowest BCUT2D eigenvalue weighted by Gasteiger charge is -2.19. The highest BCUT2D eigenvalue weighted by atomic mass is 16.5. The molecule has 4 rings (SSSR count). The number of carbonyl (C=O) groups excluding carboxylic acids is 1. The quantitative estimate of drug-likeness (QED) is 0.847. The summed E-state index contributed by atoms with van der Waals surface area (Å²) in [5.41, 5.74) is 4.88. The Morgan fingerprint density at radius 2 is 1.78 bits per heavy atom. The molecule has 2 heterocycles. The van der Waals surface area contributed by atoms with Crippen LogP contribution < -0.4 is 10.1 Å². The Bertz CT molecular complexity index is 844. The molecule has 2 aromatic carbocycles. The summed E-state index contributed by atoms with van der Waals surface area (Å²) < 4.78 is 6.17. The molecule has 1 N–H and O–H groups in total. The van der Waals surface area contributed by atoms with Gasteiger partial charge in [-0.1, -0.05) is 42.5 Å². The van der Waals surface area contributed by atoms with Crippen molar-refractivity contribution in [3.63, 3.8) is 0 Å². The van der Waals surface area contributed by atoms with Gasteiger partial charge in [-0.15, -0.1) is 0 Å². The van der Waals surface area contributed by atoms with Crippen LogP contribution in [0.5, 0.6) is 5.75 Å². The predicted octanol–water partition coefficient (Wildman–Crippen LogP) is 3.81. The summed E-state index contributed by atoms with van der Waals surface area (Å²) in [6, 6.07) is 14.8. The van der Waals surface area contributed by atoms with Crippen molar-refractivity contribution in [2.75, 3.05) is 6.54 Å². The fourth-order valence-corrected chi connectivity index (χ4v) is 4.11. The van der Waals surface area contributed by atoms with Crippen LogP contribution in [0, 0.1) is 0 Å². The third-order valence-electron chi connectivity index (χ3n) is 5.45. The standard InChI is InChI=1S/C23H28N2O2/c1-23(2)13-17-9-5-10-19(22(17)27-23)15-24-14-18-7-3-4-8-20(18)16-25-12-6-11-21(25)26/h3-5,7-10,24H,6,11-16H2,1-2H3. The van der Waals surface area contributed by atoms with Gasteiger partial charge in [0.05, 0.1) is 0 Å². The van der Waals surface area contributed by atoms with Crippen LogP contribution in [0.3, 0.4) is 0 Å². The van der Waals surface area contributed by atoms with Crippen molar-refractivity contribution in [3.05, 3.63) is 64.7 Å². The number of carbonyl (C=O) groups is 1. The highest BCUT2D eigenvalue weighted by Crippen LogP contribution is 2.37. The molecule has 0 aliphatic carbocycles. The number of hydrogen-bond acceptors (Lipinski definition) is 3. The van der Waals surface area contributed by atoms with E-state index >= 15 is 0 Å². The van der Waals surface area contributed by atoms with E-state index in [1.54, 1.807) is 0 Å². The second-order valence-corrected chi connectivity index (χ2v) is 8.24. The molecule has 1 amide bonds. The smallest absolute Gasteiger partial charge is 0.222 e. The maximum Gasteiger partial charge on any atom is 0.222 e. The predicted molar refractivity (Wildman–Crippen MR) is 106 cm³/mol. The van der Waals surface area contributed by atoms with Gasteiger partial charge in [-0.05, 0) is 37.0 Å². The Morgan fingerprint density at radius 3 is 2.56 bits per heavy atom. The molecule has 0 spiro atoms. The number of likely N-dealkylation sites (tertiary alicyclic amines) is 1. The molecule has 1 fully saturated rings. The number of para-hydroxylation sites is 1. The molecule has 2 aromatic rings. The van der Waals surface area contributed by atoms with Gasteiger partial charge >= 0.3 is 0 Å². The Balaban J connectivity index is 1.41. The summed E-state index contributed by atoms with van der Waals surface area (Å²) in [6.07, 6.45) is 2.63. The van der Waals surface area contributed by atoms with Crippen molar-refractivity contribution in [1.29, 1.82) is 0 Å². The first-order valence-electron chi connectivity index (χ1n) is 9.87. The van der Waals surface area contributed by atoms with Crippen LogP contribution in [0.4, 0.5) is 0 Å². The minimum atomic E-state index is -0.118. The minimum absolute atomic E-state index is 0.118. The summed E-state index contributed by atoms with van der Waals surface area (Å²) in [7, 11) is 0. The Hall–Kier alpha value is -2.33. The normalized spacial score (nSPS) is 17.9. The summed E-state index contributed by atoms with van der Waals surface area (Å²) in [5.74, 6) is 1.32. The summed E-state index contributed by atoms with van der Waals surface area (Å²) in [5, 5.41) is 3.57. The van der Waals surface area contributed by atoms with Gasteiger partial charge in [0.2, 0.25) is 5.91 Å². The van der Waals surface area contributed by atoms with Crippen molar-refractivity contribution in [2.45, 2.75) is 58.3 Å². The van der Waals surface area contributed by atoms with Crippen LogP contribution in [0.15, 0.2) is 42.5 Å². The van der Waals surface area contributed by atoms with Gasteiger partial charge in [-0.2, -0.15) is 0 Å². The summed E-state index contributed by atoms with van der Waals surface area (Å²) >= 11 is 0. The zero-order valence-electron chi connectivity index (χ0n) is 16.3. The van der Waals surface area contributed by atoms with Gasteiger partial charge in [0, 0.05) is 44.6 Å². The van der Waals surface area contributed by atoms with Gasteiger partial charge in [0.1, 0.15) is 11.4 Å². The van der Waals surface area contributed by atoms with Crippen LogP contribution in [0.25, 0.3) is 0 Å². The molecule has 0 atom stereocenters.